The number of allylic oxidation sites excluding steroid dienone is 2. The number of ketones is 1. The summed E-state index contributed by atoms with van der Waals surface area (Å²) in [6, 6.07) is 20.1. The fraction of sp³-hybridized carbons (Fsp3) is 0.435. The first kappa shape index (κ1) is 42.3. The fourth-order valence-corrected chi connectivity index (χ4v) is 9.18. The summed E-state index contributed by atoms with van der Waals surface area (Å²) in [6.07, 6.45) is 4.62. The zero-order chi connectivity index (χ0) is 37.2. The van der Waals surface area contributed by atoms with Gasteiger partial charge in [0, 0.05) is 54.5 Å². The van der Waals surface area contributed by atoms with E-state index in [9.17, 15) is 9.90 Å². The van der Waals surface area contributed by atoms with Crippen LogP contribution in [0.1, 0.15) is 99.8 Å². The Bertz CT molecular complexity index is 1990. The van der Waals surface area contributed by atoms with E-state index in [0.29, 0.717) is 23.7 Å². The van der Waals surface area contributed by atoms with E-state index in [0.717, 1.165) is 17.7 Å². The van der Waals surface area contributed by atoms with Crippen LogP contribution in [0.4, 0.5) is 0 Å². The fourth-order valence-electron chi connectivity index (χ4n) is 7.85. The standard InChI is InChI=1S/C29H28NS.C17H32O2.Ir/c1-7-19-12-13-22-23-14-15-30(6)27(28(23)31-26(22)16-19)24-17-25(29(3,4)5)21-11-9-8-10-20(21)18(24)2;1-10(2)16(11(3)4)14(18)9-15(19)17(12(5)6)13(7)8;/h8-17H,2,6-7H2,1,3-5H3;9-13,16-18H,1-8H3;/q-1;;/b;14-9-;. The van der Waals surface area contributed by atoms with Crippen molar-refractivity contribution in [1.82, 2.24) is 0 Å². The van der Waals surface area contributed by atoms with Gasteiger partial charge >= 0.3 is 0 Å². The van der Waals surface area contributed by atoms with E-state index in [4.69, 9.17) is 0 Å². The molecule has 0 aliphatic rings. The van der Waals surface area contributed by atoms with Crippen LogP contribution in [0.5, 0.6) is 0 Å². The molecule has 51 heavy (non-hydrogen) atoms. The minimum absolute atomic E-state index is 0. The van der Waals surface area contributed by atoms with Gasteiger partial charge in [-0.3, -0.25) is 4.79 Å². The Hall–Kier alpha value is -3.11. The van der Waals surface area contributed by atoms with E-state index in [2.05, 4.69) is 158 Å². The second kappa shape index (κ2) is 17.1. The molecule has 0 bridgehead atoms. The summed E-state index contributed by atoms with van der Waals surface area (Å²) in [5, 5.41) is 15.4. The van der Waals surface area contributed by atoms with Crippen LogP contribution in [0.3, 0.4) is 0 Å². The third kappa shape index (κ3) is 9.10. The number of carbonyl (C=O) groups is 1. The molecule has 0 atom stereocenters. The van der Waals surface area contributed by atoms with Gasteiger partial charge in [0.05, 0.1) is 17.6 Å². The number of rotatable bonds is 9. The molecule has 0 spiro atoms. The monoisotopic (exact) mass is 883 g/mol. The van der Waals surface area contributed by atoms with Crippen molar-refractivity contribution < 1.29 is 34.6 Å². The molecule has 3 aromatic carbocycles. The zero-order valence-electron chi connectivity index (χ0n) is 33.0. The van der Waals surface area contributed by atoms with Gasteiger partial charge in [0.15, 0.2) is 5.78 Å². The number of fused-ring (bicyclic) bond motifs is 4. The van der Waals surface area contributed by atoms with Gasteiger partial charge in [-0.25, -0.2) is 0 Å². The Morgan fingerprint density at radius 1 is 0.824 bits per heavy atom. The number of thiophene rings is 1. The van der Waals surface area contributed by atoms with Crippen LogP contribution in [0.15, 0.2) is 72.6 Å². The molecule has 0 fully saturated rings. The Balaban J connectivity index is 0.000000306. The van der Waals surface area contributed by atoms with Crippen LogP contribution in [0.25, 0.3) is 42.2 Å². The molecule has 2 aromatic heterocycles. The second-order valence-corrected chi connectivity index (χ2v) is 17.5. The van der Waals surface area contributed by atoms with Crippen molar-refractivity contribution in [3.63, 3.8) is 0 Å². The minimum atomic E-state index is -0.0119. The molecule has 2 heterocycles. The van der Waals surface area contributed by atoms with Crippen molar-refractivity contribution in [3.05, 3.63) is 103 Å². The first-order valence-corrected chi connectivity index (χ1v) is 19.2. The number of aryl methyl sites for hydroxylation is 1. The smallest absolute Gasteiger partial charge is 0.162 e. The summed E-state index contributed by atoms with van der Waals surface area (Å²) < 4.78 is 4.63. The Labute approximate surface area is 325 Å². The van der Waals surface area contributed by atoms with Crippen molar-refractivity contribution in [1.29, 1.82) is 0 Å². The molecular formula is C46H60IrNO2S-. The Kier molecular flexibility index (Phi) is 14.2. The maximum Gasteiger partial charge on any atom is 0.162 e. The van der Waals surface area contributed by atoms with E-state index < -0.39 is 0 Å². The van der Waals surface area contributed by atoms with Crippen molar-refractivity contribution in [2.75, 3.05) is 0 Å². The number of hydrogen-bond donors (Lipinski definition) is 1. The summed E-state index contributed by atoms with van der Waals surface area (Å²) in [5.41, 5.74) is 6.14. The third-order valence-electron chi connectivity index (χ3n) is 10.2. The molecule has 0 saturated carbocycles. The van der Waals surface area contributed by atoms with Gasteiger partial charge in [0.25, 0.3) is 0 Å². The van der Waals surface area contributed by atoms with Crippen molar-refractivity contribution in [2.45, 2.75) is 94.9 Å². The van der Waals surface area contributed by atoms with Gasteiger partial charge in [-0.2, -0.15) is 12.5 Å². The van der Waals surface area contributed by atoms with Gasteiger partial charge in [-0.1, -0.05) is 124 Å². The normalized spacial score (nSPS) is 12.5. The molecule has 0 unspecified atom stereocenters. The van der Waals surface area contributed by atoms with E-state index in [1.54, 1.807) is 0 Å². The molecule has 5 aromatic rings. The average molecular weight is 883 g/mol. The van der Waals surface area contributed by atoms with Crippen LogP contribution in [-0.4, -0.2) is 10.9 Å². The molecule has 0 aliphatic carbocycles. The minimum Gasteiger partial charge on any atom is -0.512 e. The summed E-state index contributed by atoms with van der Waals surface area (Å²) in [5.74, 6) is 1.63. The van der Waals surface area contributed by atoms with Crippen LogP contribution >= 0.6 is 11.3 Å². The first-order valence-electron chi connectivity index (χ1n) is 18.4. The van der Waals surface area contributed by atoms with E-state index in [1.807, 2.05) is 15.9 Å². The van der Waals surface area contributed by atoms with Crippen molar-refractivity contribution in [3.8, 4) is 11.3 Å². The molecule has 0 saturated heterocycles. The largest absolute Gasteiger partial charge is 0.512 e. The number of hydrogen-bond acceptors (Lipinski definition) is 3. The number of pyridine rings is 1. The van der Waals surface area contributed by atoms with E-state index in [-0.39, 0.29) is 48.9 Å². The maximum atomic E-state index is 12.3. The second-order valence-electron chi connectivity index (χ2n) is 16.4. The average Bonchev–Trinajstić information content (AvgIpc) is 3.38. The van der Waals surface area contributed by atoms with E-state index >= 15 is 0 Å². The van der Waals surface area contributed by atoms with Gasteiger partial charge < -0.3 is 9.67 Å². The number of aliphatic hydroxyl groups excluding tert-OH is 1. The quantitative estimate of drug-likeness (QED) is 0.0693. The number of aliphatic hydroxyl groups is 1. The molecule has 277 valence electrons. The van der Waals surface area contributed by atoms with Gasteiger partial charge in [0.2, 0.25) is 0 Å². The molecule has 3 nitrogen and oxygen atoms in total. The summed E-state index contributed by atoms with van der Waals surface area (Å²) in [6.45, 7) is 30.2. The maximum absolute atomic E-state index is 12.3. The SMILES string of the molecule is CC(C)C(C(=O)/C=C(\O)C(C(C)C)C(C)C)C(C)C.[CH2-]c1c(-c2c3sc4cc(CC)ccc4c3cc[n+]2[CH2-])cc(C(C)(C)C)c2ccccc12.[Ir]. The summed E-state index contributed by atoms with van der Waals surface area (Å²) >= 11 is 1.87. The van der Waals surface area contributed by atoms with Gasteiger partial charge in [-0.15, -0.1) is 34.4 Å². The molecule has 5 heteroatoms. The summed E-state index contributed by atoms with van der Waals surface area (Å²) in [4.78, 5) is 12.3. The van der Waals surface area contributed by atoms with Crippen LogP contribution in [0.2, 0.25) is 0 Å². The summed E-state index contributed by atoms with van der Waals surface area (Å²) in [7, 11) is 4.36. The molecule has 0 aliphatic heterocycles. The van der Waals surface area contributed by atoms with Gasteiger partial charge in [-0.05, 0) is 64.0 Å². The van der Waals surface area contributed by atoms with Crippen molar-refractivity contribution in [2.24, 2.45) is 35.5 Å². The topological polar surface area (TPSA) is 41.2 Å². The number of aromatic nitrogens is 1. The number of nitrogens with zero attached hydrogens (tertiary/aromatic N) is 1. The molecule has 1 radical (unpaired) electrons. The number of benzene rings is 3. The molecule has 1 N–H and O–H groups in total. The predicted octanol–water partition coefficient (Wildman–Crippen LogP) is 12.7. The molecule has 5 rings (SSSR count). The molecule has 0 amide bonds. The van der Waals surface area contributed by atoms with Crippen LogP contribution < -0.4 is 4.57 Å². The van der Waals surface area contributed by atoms with Crippen molar-refractivity contribution >= 4 is 48.1 Å². The predicted molar refractivity (Wildman–Crippen MR) is 218 cm³/mol. The number of carbonyl (C=O) groups excluding carboxylic acids is 1. The van der Waals surface area contributed by atoms with Crippen LogP contribution in [-0.2, 0) is 36.7 Å². The van der Waals surface area contributed by atoms with Crippen LogP contribution in [0, 0.1) is 49.5 Å². The molecular weight excluding hydrogens is 823 g/mol. The Morgan fingerprint density at radius 2 is 1.39 bits per heavy atom. The Morgan fingerprint density at radius 3 is 1.92 bits per heavy atom. The van der Waals surface area contributed by atoms with Gasteiger partial charge in [0.1, 0.15) is 0 Å². The van der Waals surface area contributed by atoms with E-state index in [1.165, 1.54) is 53.7 Å². The zero-order valence-corrected chi connectivity index (χ0v) is 36.2. The third-order valence-corrected chi connectivity index (χ3v) is 11.4. The first-order chi connectivity index (χ1) is 23.4.